The van der Waals surface area contributed by atoms with Crippen molar-refractivity contribution in [3.05, 3.63) is 14.9 Å². The lowest BCUT2D eigenvalue weighted by Crippen LogP contribution is -2.32. The van der Waals surface area contributed by atoms with Crippen molar-refractivity contribution in [1.82, 2.24) is 4.72 Å². The van der Waals surface area contributed by atoms with Crippen LogP contribution in [0.1, 0.15) is 19.8 Å². The molecular weight excluding hydrogens is 413 g/mol. The van der Waals surface area contributed by atoms with E-state index in [-0.39, 0.29) is 10.3 Å². The van der Waals surface area contributed by atoms with Gasteiger partial charge in [-0.05, 0) is 41.8 Å². The third kappa shape index (κ3) is 4.80. The van der Waals surface area contributed by atoms with Crippen LogP contribution in [0.25, 0.3) is 0 Å². The van der Waals surface area contributed by atoms with E-state index >= 15 is 0 Å². The van der Waals surface area contributed by atoms with Gasteiger partial charge in [-0.15, -0.1) is 11.3 Å². The number of halogens is 3. The molecule has 1 unspecified atom stereocenters. The number of sulfonamides is 1. The molecule has 0 aliphatic carbocycles. The van der Waals surface area contributed by atoms with E-state index in [1.807, 2.05) is 6.92 Å². The van der Waals surface area contributed by atoms with Crippen molar-refractivity contribution in [2.45, 2.75) is 30.0 Å². The lowest BCUT2D eigenvalue weighted by Gasteiger charge is -2.12. The molecule has 1 aromatic rings. The normalized spacial score (nSPS) is 13.9. The average molecular weight is 426 g/mol. The minimum atomic E-state index is -3.45. The molecule has 3 nitrogen and oxygen atoms in total. The molecule has 1 aromatic heterocycles. The van der Waals surface area contributed by atoms with Crippen molar-refractivity contribution in [2.24, 2.45) is 0 Å². The van der Waals surface area contributed by atoms with Crippen molar-refractivity contribution >= 4 is 64.8 Å². The zero-order chi connectivity index (χ0) is 13.1. The standard InChI is InChI=1S/C9H12Br2ClNO2S2/c1-6(3-2-4-10)13-17(14,15)8-5-7(12)9(11)16-8/h5-6,13H,2-4H2,1H3. The van der Waals surface area contributed by atoms with Gasteiger partial charge in [0.05, 0.1) is 8.81 Å². The van der Waals surface area contributed by atoms with Gasteiger partial charge in [-0.2, -0.15) is 0 Å². The van der Waals surface area contributed by atoms with Crippen LogP contribution in [0.3, 0.4) is 0 Å². The number of thiophene rings is 1. The molecular formula is C9H12Br2ClNO2S2. The van der Waals surface area contributed by atoms with E-state index in [0.29, 0.717) is 8.81 Å². The molecule has 98 valence electrons. The monoisotopic (exact) mass is 423 g/mol. The first kappa shape index (κ1) is 15.9. The summed E-state index contributed by atoms with van der Waals surface area (Å²) in [7, 11) is -3.45. The molecule has 0 aliphatic heterocycles. The summed E-state index contributed by atoms with van der Waals surface area (Å²) < 4.78 is 27.5. The average Bonchev–Trinajstić information content (AvgIpc) is 2.56. The van der Waals surface area contributed by atoms with Crippen molar-refractivity contribution in [3.8, 4) is 0 Å². The maximum absolute atomic E-state index is 12.0. The van der Waals surface area contributed by atoms with E-state index in [2.05, 4.69) is 36.6 Å². The first-order valence-electron chi connectivity index (χ1n) is 4.90. The highest BCUT2D eigenvalue weighted by Crippen LogP contribution is 2.34. The minimum Gasteiger partial charge on any atom is -0.208 e. The molecule has 1 N–H and O–H groups in total. The van der Waals surface area contributed by atoms with E-state index in [1.54, 1.807) is 0 Å². The van der Waals surface area contributed by atoms with E-state index in [0.717, 1.165) is 29.5 Å². The zero-order valence-electron chi connectivity index (χ0n) is 9.04. The van der Waals surface area contributed by atoms with Crippen LogP contribution in [-0.4, -0.2) is 19.8 Å². The summed E-state index contributed by atoms with van der Waals surface area (Å²) in [5.74, 6) is 0. The third-order valence-corrected chi connectivity index (χ3v) is 7.11. The second-order valence-electron chi connectivity index (χ2n) is 3.54. The van der Waals surface area contributed by atoms with E-state index in [9.17, 15) is 8.42 Å². The Labute approximate surface area is 127 Å². The van der Waals surface area contributed by atoms with E-state index in [4.69, 9.17) is 11.6 Å². The van der Waals surface area contributed by atoms with Crippen molar-refractivity contribution in [2.75, 3.05) is 5.33 Å². The first-order valence-corrected chi connectivity index (χ1v) is 9.49. The molecule has 0 radical (unpaired) electrons. The Balaban J connectivity index is 2.75. The van der Waals surface area contributed by atoms with Gasteiger partial charge in [0, 0.05) is 11.4 Å². The Hall–Kier alpha value is 0.860. The summed E-state index contributed by atoms with van der Waals surface area (Å²) in [5, 5.41) is 1.29. The van der Waals surface area contributed by atoms with Crippen molar-refractivity contribution < 1.29 is 8.42 Å². The van der Waals surface area contributed by atoms with Crippen molar-refractivity contribution in [1.29, 1.82) is 0 Å². The Bertz CT molecular complexity index is 456. The molecule has 1 atom stereocenters. The summed E-state index contributed by atoms with van der Waals surface area (Å²) >= 11 is 13.5. The van der Waals surface area contributed by atoms with Crippen LogP contribution in [-0.2, 0) is 10.0 Å². The molecule has 0 fully saturated rings. The molecule has 0 aliphatic rings. The molecule has 1 heterocycles. The van der Waals surface area contributed by atoms with Crippen LogP contribution in [0, 0.1) is 0 Å². The number of nitrogens with one attached hydrogen (secondary N) is 1. The molecule has 1 rings (SSSR count). The SMILES string of the molecule is CC(CCCBr)NS(=O)(=O)c1cc(Cl)c(Br)s1. The molecule has 0 spiro atoms. The van der Waals surface area contributed by atoms with Crippen LogP contribution in [0.15, 0.2) is 14.1 Å². The Morgan fingerprint density at radius 1 is 1.59 bits per heavy atom. The topological polar surface area (TPSA) is 46.2 Å². The van der Waals surface area contributed by atoms with Crippen LogP contribution < -0.4 is 4.72 Å². The maximum Gasteiger partial charge on any atom is 0.250 e. The largest absolute Gasteiger partial charge is 0.250 e. The van der Waals surface area contributed by atoms with Crippen LogP contribution in [0.4, 0.5) is 0 Å². The predicted molar refractivity (Wildman–Crippen MR) is 79.8 cm³/mol. The first-order chi connectivity index (χ1) is 7.86. The van der Waals surface area contributed by atoms with E-state index in [1.165, 1.54) is 6.07 Å². The number of alkyl halides is 1. The van der Waals surface area contributed by atoms with Gasteiger partial charge in [0.15, 0.2) is 0 Å². The summed E-state index contributed by atoms with van der Waals surface area (Å²) in [4.78, 5) is 0. The second kappa shape index (κ2) is 6.86. The highest BCUT2D eigenvalue weighted by Gasteiger charge is 2.20. The van der Waals surface area contributed by atoms with Gasteiger partial charge in [-0.3, -0.25) is 0 Å². The molecule has 17 heavy (non-hydrogen) atoms. The lowest BCUT2D eigenvalue weighted by atomic mass is 10.2. The second-order valence-corrected chi connectivity index (χ2v) is 9.05. The fourth-order valence-corrected chi connectivity index (χ4v) is 5.24. The zero-order valence-corrected chi connectivity index (χ0v) is 14.6. The molecule has 0 aromatic carbocycles. The molecule has 0 saturated carbocycles. The third-order valence-electron chi connectivity index (χ3n) is 2.01. The van der Waals surface area contributed by atoms with Gasteiger partial charge in [-0.25, -0.2) is 13.1 Å². The number of rotatable bonds is 6. The molecule has 0 bridgehead atoms. The van der Waals surface area contributed by atoms with Crippen LogP contribution >= 0.6 is 54.8 Å². The van der Waals surface area contributed by atoms with Gasteiger partial charge in [-0.1, -0.05) is 27.5 Å². The fraction of sp³-hybridized carbons (Fsp3) is 0.556. The van der Waals surface area contributed by atoms with Gasteiger partial charge in [0.1, 0.15) is 4.21 Å². The Morgan fingerprint density at radius 2 is 2.24 bits per heavy atom. The maximum atomic E-state index is 12.0. The smallest absolute Gasteiger partial charge is 0.208 e. The van der Waals surface area contributed by atoms with Gasteiger partial charge >= 0.3 is 0 Å². The molecule has 0 saturated heterocycles. The van der Waals surface area contributed by atoms with Gasteiger partial charge < -0.3 is 0 Å². The molecule has 0 amide bonds. The number of hydrogen-bond acceptors (Lipinski definition) is 3. The minimum absolute atomic E-state index is 0.0859. The summed E-state index contributed by atoms with van der Waals surface area (Å²) in [6, 6.07) is 1.37. The van der Waals surface area contributed by atoms with Gasteiger partial charge in [0.2, 0.25) is 10.0 Å². The highest BCUT2D eigenvalue weighted by molar-refractivity contribution is 9.11. The Kier molecular flexibility index (Phi) is 6.42. The van der Waals surface area contributed by atoms with Crippen LogP contribution in [0.5, 0.6) is 0 Å². The summed E-state index contributed by atoms with van der Waals surface area (Å²) in [6.45, 7) is 1.85. The summed E-state index contributed by atoms with van der Waals surface area (Å²) in [5.41, 5.74) is 0. The fourth-order valence-electron chi connectivity index (χ4n) is 1.22. The lowest BCUT2D eigenvalue weighted by molar-refractivity contribution is 0.547. The van der Waals surface area contributed by atoms with E-state index < -0.39 is 10.0 Å². The quantitative estimate of drug-likeness (QED) is 0.700. The Morgan fingerprint density at radius 3 is 2.71 bits per heavy atom. The summed E-state index contributed by atoms with van der Waals surface area (Å²) in [6.07, 6.45) is 1.73. The molecule has 8 heteroatoms. The number of hydrogen-bond donors (Lipinski definition) is 1. The predicted octanol–water partition coefficient (Wildman–Crippen LogP) is 4.01. The highest BCUT2D eigenvalue weighted by atomic mass is 79.9. The van der Waals surface area contributed by atoms with Crippen LogP contribution in [0.2, 0.25) is 5.02 Å². The van der Waals surface area contributed by atoms with Crippen molar-refractivity contribution in [3.63, 3.8) is 0 Å². The van der Waals surface area contributed by atoms with Gasteiger partial charge in [0.25, 0.3) is 0 Å².